The number of hydrogen-bond donors (Lipinski definition) is 3. The van der Waals surface area contributed by atoms with Crippen LogP contribution in [0.4, 0.5) is 10.7 Å². The molecule has 1 aliphatic rings. The van der Waals surface area contributed by atoms with Gasteiger partial charge in [0, 0.05) is 10.9 Å². The molecule has 12 nitrogen and oxygen atoms in total. The van der Waals surface area contributed by atoms with E-state index in [4.69, 9.17) is 14.3 Å². The molecule has 0 radical (unpaired) electrons. The number of amides is 2. The van der Waals surface area contributed by atoms with Crippen LogP contribution in [0.1, 0.15) is 5.56 Å². The molecule has 4 rings (SSSR count). The first-order valence-corrected chi connectivity index (χ1v) is 10.0. The van der Waals surface area contributed by atoms with Crippen molar-refractivity contribution in [2.75, 3.05) is 19.5 Å². The van der Waals surface area contributed by atoms with Gasteiger partial charge >= 0.3 is 18.1 Å². The zero-order chi connectivity index (χ0) is 21.3. The van der Waals surface area contributed by atoms with Crippen molar-refractivity contribution in [2.45, 2.75) is 11.4 Å². The van der Waals surface area contributed by atoms with Gasteiger partial charge in [-0.25, -0.2) is 17.9 Å². The Morgan fingerprint density at radius 3 is 2.53 bits per heavy atom. The van der Waals surface area contributed by atoms with E-state index in [1.807, 2.05) is 10.8 Å². The Hall–Kier alpha value is -3.71. The third-order valence-electron chi connectivity index (χ3n) is 4.18. The SMILES string of the molecule is COc1nc(NC(=O)NS(=O)(=O)c2cccc3ccc4c(c23)ONC4)nc(OC)n1. The van der Waals surface area contributed by atoms with Crippen LogP contribution in [0.5, 0.6) is 17.8 Å². The molecule has 0 atom stereocenters. The van der Waals surface area contributed by atoms with Gasteiger partial charge in [0.15, 0.2) is 5.75 Å². The van der Waals surface area contributed by atoms with Crippen LogP contribution in [-0.2, 0) is 16.6 Å². The van der Waals surface area contributed by atoms with E-state index in [1.165, 1.54) is 20.3 Å². The number of carbonyl (C=O) groups is 1. The molecule has 30 heavy (non-hydrogen) atoms. The third kappa shape index (κ3) is 3.62. The van der Waals surface area contributed by atoms with Crippen molar-refractivity contribution in [3.8, 4) is 17.8 Å². The van der Waals surface area contributed by atoms with Crippen molar-refractivity contribution in [1.29, 1.82) is 0 Å². The van der Waals surface area contributed by atoms with Crippen LogP contribution in [0.3, 0.4) is 0 Å². The van der Waals surface area contributed by atoms with E-state index in [9.17, 15) is 13.2 Å². The topological polar surface area (TPSA) is 154 Å². The molecule has 13 heteroatoms. The summed E-state index contributed by atoms with van der Waals surface area (Å²) >= 11 is 0. The van der Waals surface area contributed by atoms with Crippen LogP contribution in [-0.4, -0.2) is 43.6 Å². The standard InChI is InChI=1S/C17H16N6O6S/c1-27-16-20-14(21-17(22-16)28-2)19-15(24)23-30(25,26)11-5-3-4-9-6-7-10-8-18-29-13(10)12(9)11/h3-7,18H,8H2,1-2H3,(H2,19,20,21,22,23,24). The largest absolute Gasteiger partial charge is 0.467 e. The lowest BCUT2D eigenvalue weighted by molar-refractivity contribution is 0.226. The highest BCUT2D eigenvalue weighted by molar-refractivity contribution is 7.90. The lowest BCUT2D eigenvalue weighted by atomic mass is 10.1. The second-order valence-corrected chi connectivity index (χ2v) is 7.67. The lowest BCUT2D eigenvalue weighted by Crippen LogP contribution is -2.35. The van der Waals surface area contributed by atoms with Crippen LogP contribution in [0.2, 0.25) is 0 Å². The fourth-order valence-corrected chi connectivity index (χ4v) is 4.04. The molecule has 0 saturated carbocycles. The Morgan fingerprint density at radius 2 is 1.83 bits per heavy atom. The van der Waals surface area contributed by atoms with Crippen molar-refractivity contribution in [3.05, 3.63) is 35.9 Å². The molecule has 0 saturated heterocycles. The Kier molecular flexibility index (Phi) is 4.97. The number of methoxy groups -OCH3 is 2. The number of nitrogens with zero attached hydrogens (tertiary/aromatic N) is 3. The van der Waals surface area contributed by atoms with Crippen LogP contribution in [0.15, 0.2) is 35.2 Å². The molecule has 1 aromatic heterocycles. The molecule has 0 unspecified atom stereocenters. The highest BCUT2D eigenvalue weighted by Crippen LogP contribution is 2.36. The smallest absolute Gasteiger partial charge is 0.335 e. The molecule has 3 aromatic rings. The normalized spacial score (nSPS) is 12.7. The number of urea groups is 1. The molecule has 2 amide bonds. The summed E-state index contributed by atoms with van der Waals surface area (Å²) in [4.78, 5) is 29.1. The Labute approximate surface area is 170 Å². The molecule has 3 N–H and O–H groups in total. The number of rotatable bonds is 5. The van der Waals surface area contributed by atoms with E-state index in [0.717, 1.165) is 5.56 Å². The molecule has 0 aliphatic carbocycles. The van der Waals surface area contributed by atoms with Gasteiger partial charge in [0.1, 0.15) is 0 Å². The zero-order valence-electron chi connectivity index (χ0n) is 15.8. The van der Waals surface area contributed by atoms with E-state index in [0.29, 0.717) is 23.1 Å². The minimum atomic E-state index is -4.26. The molecule has 1 aliphatic heterocycles. The maximum atomic E-state index is 12.9. The number of nitrogens with one attached hydrogen (secondary N) is 3. The van der Waals surface area contributed by atoms with Gasteiger partial charge in [0.25, 0.3) is 10.0 Å². The van der Waals surface area contributed by atoms with Crippen molar-refractivity contribution in [2.24, 2.45) is 0 Å². The molecule has 0 spiro atoms. The number of benzene rings is 2. The lowest BCUT2D eigenvalue weighted by Gasteiger charge is -2.12. The van der Waals surface area contributed by atoms with Crippen LogP contribution < -0.4 is 29.8 Å². The number of fused-ring (bicyclic) bond motifs is 3. The maximum Gasteiger partial charge on any atom is 0.335 e. The number of aromatic nitrogens is 3. The summed E-state index contributed by atoms with van der Waals surface area (Å²) < 4.78 is 37.6. The summed E-state index contributed by atoms with van der Waals surface area (Å²) in [6, 6.07) is 7.03. The molecule has 0 fully saturated rings. The van der Waals surface area contributed by atoms with Gasteiger partial charge in [-0.1, -0.05) is 24.3 Å². The predicted octanol–water partition coefficient (Wildman–Crippen LogP) is 0.949. The van der Waals surface area contributed by atoms with E-state index in [1.54, 1.807) is 18.2 Å². The number of hydrogen-bond acceptors (Lipinski definition) is 10. The number of hydroxylamine groups is 1. The van der Waals surface area contributed by atoms with Gasteiger partial charge in [-0.3, -0.25) is 5.32 Å². The third-order valence-corrected chi connectivity index (χ3v) is 5.55. The maximum absolute atomic E-state index is 12.9. The highest BCUT2D eigenvalue weighted by atomic mass is 32.2. The second kappa shape index (κ2) is 7.61. The van der Waals surface area contributed by atoms with E-state index in [2.05, 4.69) is 25.7 Å². The molecule has 156 valence electrons. The fourth-order valence-electron chi connectivity index (χ4n) is 2.90. The average molecular weight is 432 g/mol. The van der Waals surface area contributed by atoms with Crippen molar-refractivity contribution in [1.82, 2.24) is 25.2 Å². The first-order valence-electron chi connectivity index (χ1n) is 8.53. The van der Waals surface area contributed by atoms with Crippen LogP contribution in [0, 0.1) is 0 Å². The van der Waals surface area contributed by atoms with Crippen molar-refractivity contribution >= 4 is 32.8 Å². The van der Waals surface area contributed by atoms with E-state index < -0.39 is 16.1 Å². The summed E-state index contributed by atoms with van der Waals surface area (Å²) in [5, 5.41) is 3.23. The molecular formula is C17H16N6O6S. The van der Waals surface area contributed by atoms with Gasteiger partial charge in [-0.2, -0.15) is 15.4 Å². The fraction of sp³-hybridized carbons (Fsp3) is 0.176. The molecular weight excluding hydrogens is 416 g/mol. The van der Waals surface area contributed by atoms with Crippen LogP contribution in [0.25, 0.3) is 10.8 Å². The first-order chi connectivity index (χ1) is 14.4. The van der Waals surface area contributed by atoms with E-state index in [-0.39, 0.29) is 22.9 Å². The summed E-state index contributed by atoms with van der Waals surface area (Å²) in [6.07, 6.45) is 0. The minimum Gasteiger partial charge on any atom is -0.467 e. The van der Waals surface area contributed by atoms with Crippen molar-refractivity contribution in [3.63, 3.8) is 0 Å². The van der Waals surface area contributed by atoms with Gasteiger partial charge in [0.05, 0.1) is 25.7 Å². The number of ether oxygens (including phenoxy) is 2. The summed E-state index contributed by atoms with van der Waals surface area (Å²) in [5.74, 6) is 0.151. The van der Waals surface area contributed by atoms with Crippen molar-refractivity contribution < 1.29 is 27.5 Å². The highest BCUT2D eigenvalue weighted by Gasteiger charge is 2.26. The summed E-state index contributed by atoms with van der Waals surface area (Å²) in [7, 11) is -1.63. The van der Waals surface area contributed by atoms with Crippen LogP contribution >= 0.6 is 0 Å². The van der Waals surface area contributed by atoms with Gasteiger partial charge in [-0.15, -0.1) is 4.98 Å². The summed E-state index contributed by atoms with van der Waals surface area (Å²) in [5.41, 5.74) is 3.52. The van der Waals surface area contributed by atoms with Gasteiger partial charge in [-0.05, 0) is 11.5 Å². The Balaban J connectivity index is 1.64. The summed E-state index contributed by atoms with van der Waals surface area (Å²) in [6.45, 7) is 0.441. The minimum absolute atomic E-state index is 0.110. The zero-order valence-corrected chi connectivity index (χ0v) is 16.6. The number of anilines is 1. The van der Waals surface area contributed by atoms with E-state index >= 15 is 0 Å². The van der Waals surface area contributed by atoms with Gasteiger partial charge < -0.3 is 14.3 Å². The molecule has 2 heterocycles. The number of sulfonamides is 1. The average Bonchev–Trinajstić information content (AvgIpc) is 3.21. The second-order valence-electron chi connectivity index (χ2n) is 6.02. The molecule has 2 aromatic carbocycles. The Morgan fingerprint density at radius 1 is 1.10 bits per heavy atom. The predicted molar refractivity (Wildman–Crippen MR) is 104 cm³/mol. The monoisotopic (exact) mass is 432 g/mol. The molecule has 0 bridgehead atoms. The quantitative estimate of drug-likeness (QED) is 0.531. The number of carbonyl (C=O) groups excluding carboxylic acids is 1. The first kappa shape index (κ1) is 19.6. The Bertz CT molecular complexity index is 1230. The van der Waals surface area contributed by atoms with Gasteiger partial charge in [0.2, 0.25) is 5.95 Å².